The molecule has 6 nitrogen and oxygen atoms in total. The van der Waals surface area contributed by atoms with E-state index < -0.39 is 23.2 Å². The van der Waals surface area contributed by atoms with E-state index in [0.29, 0.717) is 45.6 Å². The Morgan fingerprint density at radius 3 is 2.45 bits per heavy atom. The predicted octanol–water partition coefficient (Wildman–Crippen LogP) is 2.45. The summed E-state index contributed by atoms with van der Waals surface area (Å²) < 4.78 is 48.1. The van der Waals surface area contributed by atoms with Gasteiger partial charge in [0.05, 0.1) is 0 Å². The van der Waals surface area contributed by atoms with E-state index in [1.54, 1.807) is 6.08 Å². The molecule has 0 spiro atoms. The van der Waals surface area contributed by atoms with Crippen LogP contribution in [0.15, 0.2) is 42.2 Å². The Balaban J connectivity index is 1.49. The molecule has 2 saturated heterocycles. The van der Waals surface area contributed by atoms with Gasteiger partial charge in [-0.25, -0.2) is 8.78 Å². The number of ether oxygens (including phenoxy) is 1. The second-order valence-electron chi connectivity index (χ2n) is 8.00. The van der Waals surface area contributed by atoms with Crippen LogP contribution in [0.4, 0.5) is 13.2 Å². The number of amides is 1. The highest BCUT2D eigenvalue weighted by atomic mass is 19.2. The van der Waals surface area contributed by atoms with Gasteiger partial charge in [0.15, 0.2) is 17.2 Å². The van der Waals surface area contributed by atoms with Crippen LogP contribution >= 0.6 is 0 Å². The summed E-state index contributed by atoms with van der Waals surface area (Å²) in [5.41, 5.74) is 9.90. The zero-order valence-corrected chi connectivity index (χ0v) is 17.4. The maximum Gasteiger partial charge on any atom is 0.260 e. The molecule has 0 saturated carbocycles. The number of hydrogen-bond acceptors (Lipinski definition) is 5. The Hall–Kier alpha value is -2.68. The van der Waals surface area contributed by atoms with Gasteiger partial charge in [-0.3, -0.25) is 9.69 Å². The van der Waals surface area contributed by atoms with E-state index in [4.69, 9.17) is 16.2 Å². The zero-order chi connectivity index (χ0) is 22.4. The van der Waals surface area contributed by atoms with Crippen LogP contribution in [0.2, 0.25) is 0 Å². The van der Waals surface area contributed by atoms with Gasteiger partial charge in [-0.2, -0.15) is 4.39 Å². The third-order valence-electron chi connectivity index (χ3n) is 5.90. The zero-order valence-electron chi connectivity index (χ0n) is 17.4. The molecule has 2 heterocycles. The van der Waals surface area contributed by atoms with Crippen molar-refractivity contribution in [2.75, 3.05) is 32.7 Å². The number of benzene rings is 1. The van der Waals surface area contributed by atoms with Crippen LogP contribution in [0.5, 0.6) is 5.75 Å². The van der Waals surface area contributed by atoms with Crippen molar-refractivity contribution in [1.29, 1.82) is 0 Å². The molecule has 1 aromatic carbocycles. The normalized spacial score (nSPS) is 20.9. The summed E-state index contributed by atoms with van der Waals surface area (Å²) in [6.45, 7) is 2.06. The van der Waals surface area contributed by atoms with Gasteiger partial charge in [-0.15, -0.1) is 0 Å². The summed E-state index contributed by atoms with van der Waals surface area (Å²) in [4.78, 5) is 16.4. The molecular formula is C22H29F3N4O2. The molecule has 3 rings (SSSR count). The molecule has 2 aliphatic heterocycles. The first kappa shape index (κ1) is 23.0. The summed E-state index contributed by atoms with van der Waals surface area (Å²) in [6.07, 6.45) is 5.30. The largest absolute Gasteiger partial charge is 0.487 e. The van der Waals surface area contributed by atoms with Crippen LogP contribution in [0.3, 0.4) is 0 Å². The highest BCUT2D eigenvalue weighted by molar-refractivity contribution is 5.85. The number of rotatable bonds is 6. The molecule has 170 valence electrons. The first-order valence-corrected chi connectivity index (χ1v) is 10.5. The van der Waals surface area contributed by atoms with E-state index in [0.717, 1.165) is 11.6 Å². The Morgan fingerprint density at radius 1 is 1.16 bits per heavy atom. The molecule has 0 aromatic heterocycles. The van der Waals surface area contributed by atoms with E-state index >= 15 is 4.39 Å². The Morgan fingerprint density at radius 2 is 1.84 bits per heavy atom. The molecule has 2 fully saturated rings. The van der Waals surface area contributed by atoms with Crippen molar-refractivity contribution < 1.29 is 22.7 Å². The number of alkyl halides is 1. The second-order valence-corrected chi connectivity index (χ2v) is 8.00. The van der Waals surface area contributed by atoms with Crippen molar-refractivity contribution in [3.8, 4) is 5.75 Å². The van der Waals surface area contributed by atoms with Gasteiger partial charge in [-0.05, 0) is 36.2 Å². The van der Waals surface area contributed by atoms with Gasteiger partial charge in [-0.1, -0.05) is 6.07 Å². The minimum absolute atomic E-state index is 0.112. The van der Waals surface area contributed by atoms with Crippen LogP contribution in [0.1, 0.15) is 25.7 Å². The van der Waals surface area contributed by atoms with Crippen LogP contribution in [-0.2, 0) is 4.79 Å². The maximum atomic E-state index is 15.4. The van der Waals surface area contributed by atoms with Crippen molar-refractivity contribution in [3.05, 3.63) is 53.9 Å². The summed E-state index contributed by atoms with van der Waals surface area (Å²) in [6, 6.07) is 3.77. The van der Waals surface area contributed by atoms with Gasteiger partial charge in [0, 0.05) is 58.4 Å². The van der Waals surface area contributed by atoms with E-state index in [1.807, 2.05) is 4.90 Å². The lowest BCUT2D eigenvalue weighted by Crippen LogP contribution is -2.54. The molecule has 1 amide bonds. The highest BCUT2D eigenvalue weighted by Gasteiger charge is 2.44. The molecule has 2 aliphatic rings. The molecular weight excluding hydrogens is 409 g/mol. The Bertz CT molecular complexity index is 830. The molecule has 0 aliphatic carbocycles. The number of hydrogen-bond donors (Lipinski definition) is 2. The van der Waals surface area contributed by atoms with E-state index in [-0.39, 0.29) is 24.7 Å². The third kappa shape index (κ3) is 5.52. The lowest BCUT2D eigenvalue weighted by atomic mass is 9.90. The molecule has 9 heteroatoms. The number of nitrogens with zero attached hydrogens (tertiary/aromatic N) is 2. The van der Waals surface area contributed by atoms with Crippen molar-refractivity contribution in [3.63, 3.8) is 0 Å². The average molecular weight is 438 g/mol. The molecule has 31 heavy (non-hydrogen) atoms. The fraction of sp³-hybridized carbons (Fsp3) is 0.500. The van der Waals surface area contributed by atoms with E-state index in [9.17, 15) is 13.6 Å². The van der Waals surface area contributed by atoms with Gasteiger partial charge in [0.2, 0.25) is 5.82 Å². The van der Waals surface area contributed by atoms with Crippen molar-refractivity contribution in [2.45, 2.75) is 37.5 Å². The standard InChI is InChI=1S/C22H29F3N4O2/c23-18-2-1-3-19(20(18)24)31-17-5-10-29(11-6-17)21(30)22(25)7-12-28(13-8-22)15-16(14-27)4-9-26/h1-4,9,14,17H,5-8,10-13,15,26-27H2/b9-4-,16-14+. The topological polar surface area (TPSA) is 84.8 Å². The van der Waals surface area contributed by atoms with Crippen molar-refractivity contribution >= 4 is 5.91 Å². The quantitative estimate of drug-likeness (QED) is 0.667. The molecule has 4 N–H and O–H groups in total. The maximum absolute atomic E-state index is 15.4. The van der Waals surface area contributed by atoms with Gasteiger partial charge in [0.1, 0.15) is 6.10 Å². The first-order chi connectivity index (χ1) is 14.9. The average Bonchev–Trinajstić information content (AvgIpc) is 2.78. The third-order valence-corrected chi connectivity index (χ3v) is 5.90. The van der Waals surface area contributed by atoms with Crippen molar-refractivity contribution in [1.82, 2.24) is 9.80 Å². The SMILES string of the molecule is N/C=C\C(=C/N)CN1CCC(F)(C(=O)N2CCC(Oc3cccc(F)c3F)CC2)CC1. The van der Waals surface area contributed by atoms with Gasteiger partial charge < -0.3 is 21.1 Å². The number of piperidine rings is 2. The summed E-state index contributed by atoms with van der Waals surface area (Å²) >= 11 is 0. The molecule has 0 unspecified atom stereocenters. The van der Waals surface area contributed by atoms with Gasteiger partial charge in [0.25, 0.3) is 5.91 Å². The van der Waals surface area contributed by atoms with Crippen molar-refractivity contribution in [2.24, 2.45) is 11.5 Å². The summed E-state index contributed by atoms with van der Waals surface area (Å²) in [5.74, 6) is -2.64. The van der Waals surface area contributed by atoms with Gasteiger partial charge >= 0.3 is 0 Å². The summed E-state index contributed by atoms with van der Waals surface area (Å²) in [7, 11) is 0. The van der Waals surface area contributed by atoms with E-state index in [1.165, 1.54) is 29.4 Å². The van der Waals surface area contributed by atoms with E-state index in [2.05, 4.69) is 0 Å². The number of carbonyl (C=O) groups excluding carboxylic acids is 1. The minimum atomic E-state index is -1.89. The Labute approximate surface area is 180 Å². The highest BCUT2D eigenvalue weighted by Crippen LogP contribution is 2.31. The first-order valence-electron chi connectivity index (χ1n) is 10.5. The summed E-state index contributed by atoms with van der Waals surface area (Å²) in [5, 5.41) is 0. The predicted molar refractivity (Wildman–Crippen MR) is 112 cm³/mol. The second kappa shape index (κ2) is 10.1. The number of nitrogens with two attached hydrogens (primary N) is 2. The Kier molecular flexibility index (Phi) is 7.48. The number of likely N-dealkylation sites (tertiary alicyclic amines) is 2. The minimum Gasteiger partial charge on any atom is -0.487 e. The number of halogens is 3. The smallest absolute Gasteiger partial charge is 0.260 e. The molecule has 0 radical (unpaired) electrons. The number of carbonyl (C=O) groups is 1. The molecule has 1 aromatic rings. The fourth-order valence-electron chi connectivity index (χ4n) is 4.04. The van der Waals surface area contributed by atoms with Crippen LogP contribution in [-0.4, -0.2) is 60.2 Å². The van der Waals surface area contributed by atoms with Crippen LogP contribution in [0.25, 0.3) is 0 Å². The molecule has 0 atom stereocenters. The fourth-order valence-corrected chi connectivity index (χ4v) is 4.04. The lowest BCUT2D eigenvalue weighted by molar-refractivity contribution is -0.149. The monoisotopic (exact) mass is 438 g/mol. The van der Waals surface area contributed by atoms with Crippen LogP contribution in [0, 0.1) is 11.6 Å². The van der Waals surface area contributed by atoms with Crippen LogP contribution < -0.4 is 16.2 Å². The molecule has 0 bridgehead atoms. The lowest BCUT2D eigenvalue weighted by Gasteiger charge is -2.40.